The Morgan fingerprint density at radius 2 is 1.91 bits per heavy atom. The first-order valence-electron chi connectivity index (χ1n) is 7.36. The van der Waals surface area contributed by atoms with E-state index in [0.717, 1.165) is 44.2 Å². The highest BCUT2D eigenvalue weighted by Crippen LogP contribution is 2.27. The molecule has 1 atom stereocenters. The maximum atomic E-state index is 13.7. The predicted molar refractivity (Wildman–Crippen MR) is 76.2 cm³/mol. The minimum Gasteiger partial charge on any atom is -0.467 e. The van der Waals surface area contributed by atoms with Gasteiger partial charge in [-0.05, 0) is 30.9 Å². The van der Waals surface area contributed by atoms with Gasteiger partial charge in [-0.2, -0.15) is 0 Å². The van der Waals surface area contributed by atoms with Gasteiger partial charge >= 0.3 is 5.97 Å². The van der Waals surface area contributed by atoms with Crippen molar-refractivity contribution in [3.8, 4) is 0 Å². The van der Waals surface area contributed by atoms with Gasteiger partial charge in [0.15, 0.2) is 0 Å². The summed E-state index contributed by atoms with van der Waals surface area (Å²) in [5.74, 6) is -3.01. The molecule has 1 saturated carbocycles. The second kappa shape index (κ2) is 7.33. The number of esters is 1. The fourth-order valence-electron chi connectivity index (χ4n) is 2.86. The Bertz CT molecular complexity index is 556. The number of amides is 1. The van der Waals surface area contributed by atoms with Gasteiger partial charge in [0, 0.05) is 6.07 Å². The molecule has 0 unspecified atom stereocenters. The maximum Gasteiger partial charge on any atom is 0.328 e. The molecule has 1 N–H and O–H groups in total. The molecule has 1 fully saturated rings. The third-order valence-electron chi connectivity index (χ3n) is 4.04. The lowest BCUT2D eigenvalue weighted by molar-refractivity contribution is -0.144. The molecular weight excluding hydrogens is 292 g/mol. The average Bonchev–Trinajstić information content (AvgIpc) is 2.52. The van der Waals surface area contributed by atoms with Gasteiger partial charge in [0.1, 0.15) is 17.7 Å². The number of rotatable bonds is 4. The van der Waals surface area contributed by atoms with E-state index in [0.29, 0.717) is 6.07 Å². The molecule has 6 heteroatoms. The van der Waals surface area contributed by atoms with Crippen molar-refractivity contribution in [2.45, 2.75) is 38.1 Å². The van der Waals surface area contributed by atoms with Gasteiger partial charge in [-0.25, -0.2) is 13.6 Å². The summed E-state index contributed by atoms with van der Waals surface area (Å²) in [6.07, 6.45) is 4.70. The zero-order chi connectivity index (χ0) is 16.1. The quantitative estimate of drug-likeness (QED) is 0.870. The summed E-state index contributed by atoms with van der Waals surface area (Å²) < 4.78 is 31.3. The second-order valence-corrected chi connectivity index (χ2v) is 5.50. The van der Waals surface area contributed by atoms with Crippen LogP contribution < -0.4 is 5.32 Å². The molecule has 0 spiro atoms. The van der Waals surface area contributed by atoms with E-state index in [1.54, 1.807) is 0 Å². The minimum atomic E-state index is -0.954. The van der Waals surface area contributed by atoms with Crippen LogP contribution in [0.2, 0.25) is 0 Å². The molecule has 0 bridgehead atoms. The van der Waals surface area contributed by atoms with Crippen LogP contribution in [-0.2, 0) is 9.53 Å². The van der Waals surface area contributed by atoms with Gasteiger partial charge in [-0.15, -0.1) is 0 Å². The van der Waals surface area contributed by atoms with E-state index in [9.17, 15) is 18.4 Å². The molecule has 22 heavy (non-hydrogen) atoms. The van der Waals surface area contributed by atoms with E-state index in [2.05, 4.69) is 5.32 Å². The van der Waals surface area contributed by atoms with Gasteiger partial charge in [0.2, 0.25) is 0 Å². The SMILES string of the molecule is COC(=O)[C@@H](NC(=O)c1ccc(F)cc1F)C1CCCCC1. The Labute approximate surface area is 127 Å². The van der Waals surface area contributed by atoms with Crippen LogP contribution in [0, 0.1) is 17.6 Å². The highest BCUT2D eigenvalue weighted by atomic mass is 19.1. The number of halogens is 2. The summed E-state index contributed by atoms with van der Waals surface area (Å²) in [5, 5.41) is 2.54. The third kappa shape index (κ3) is 3.81. The van der Waals surface area contributed by atoms with E-state index in [1.165, 1.54) is 7.11 Å². The minimum absolute atomic E-state index is 0.0198. The monoisotopic (exact) mass is 311 g/mol. The van der Waals surface area contributed by atoms with E-state index < -0.39 is 29.6 Å². The molecule has 1 aromatic carbocycles. The van der Waals surface area contributed by atoms with Crippen LogP contribution in [0.3, 0.4) is 0 Å². The summed E-state index contributed by atoms with van der Waals surface area (Å²) in [5.41, 5.74) is -0.286. The smallest absolute Gasteiger partial charge is 0.328 e. The number of nitrogens with one attached hydrogen (secondary N) is 1. The van der Waals surface area contributed by atoms with Crippen LogP contribution in [0.25, 0.3) is 0 Å². The number of ether oxygens (including phenoxy) is 1. The highest BCUT2D eigenvalue weighted by molar-refractivity contribution is 5.97. The average molecular weight is 311 g/mol. The molecule has 1 aromatic rings. The van der Waals surface area contributed by atoms with Gasteiger partial charge in [-0.3, -0.25) is 4.79 Å². The first kappa shape index (κ1) is 16.4. The van der Waals surface area contributed by atoms with Crippen molar-refractivity contribution in [2.75, 3.05) is 7.11 Å². The largest absolute Gasteiger partial charge is 0.467 e. The number of benzene rings is 1. The Hall–Kier alpha value is -1.98. The topological polar surface area (TPSA) is 55.4 Å². The third-order valence-corrected chi connectivity index (χ3v) is 4.04. The lowest BCUT2D eigenvalue weighted by Crippen LogP contribution is -2.47. The molecule has 4 nitrogen and oxygen atoms in total. The van der Waals surface area contributed by atoms with Crippen LogP contribution >= 0.6 is 0 Å². The van der Waals surface area contributed by atoms with E-state index in [4.69, 9.17) is 4.74 Å². The van der Waals surface area contributed by atoms with Crippen molar-refractivity contribution < 1.29 is 23.1 Å². The zero-order valence-corrected chi connectivity index (χ0v) is 12.4. The van der Waals surface area contributed by atoms with Crippen molar-refractivity contribution in [1.29, 1.82) is 0 Å². The first-order chi connectivity index (χ1) is 10.5. The molecule has 1 aliphatic carbocycles. The number of methoxy groups -OCH3 is 1. The van der Waals surface area contributed by atoms with Crippen molar-refractivity contribution >= 4 is 11.9 Å². The summed E-state index contributed by atoms with van der Waals surface area (Å²) in [6, 6.07) is 1.91. The van der Waals surface area contributed by atoms with Crippen molar-refractivity contribution in [1.82, 2.24) is 5.32 Å². The first-order valence-corrected chi connectivity index (χ1v) is 7.36. The second-order valence-electron chi connectivity index (χ2n) is 5.50. The fraction of sp³-hybridized carbons (Fsp3) is 0.500. The number of hydrogen-bond acceptors (Lipinski definition) is 3. The molecule has 0 aromatic heterocycles. The molecule has 0 heterocycles. The molecule has 1 amide bonds. The molecule has 1 aliphatic rings. The van der Waals surface area contributed by atoms with Crippen molar-refractivity contribution in [3.63, 3.8) is 0 Å². The molecule has 0 saturated heterocycles. The Morgan fingerprint density at radius 1 is 1.23 bits per heavy atom. The molecule has 0 aliphatic heterocycles. The summed E-state index contributed by atoms with van der Waals surface area (Å²) in [6.45, 7) is 0. The predicted octanol–water partition coefficient (Wildman–Crippen LogP) is 2.82. The number of carbonyl (C=O) groups is 2. The Morgan fingerprint density at radius 3 is 2.50 bits per heavy atom. The molecule has 2 rings (SSSR count). The number of carbonyl (C=O) groups excluding carboxylic acids is 2. The van der Waals surface area contributed by atoms with Crippen LogP contribution in [0.1, 0.15) is 42.5 Å². The van der Waals surface area contributed by atoms with Gasteiger partial charge in [-0.1, -0.05) is 19.3 Å². The van der Waals surface area contributed by atoms with Gasteiger partial charge in [0.25, 0.3) is 5.91 Å². The highest BCUT2D eigenvalue weighted by Gasteiger charge is 2.32. The van der Waals surface area contributed by atoms with E-state index in [1.807, 2.05) is 0 Å². The van der Waals surface area contributed by atoms with Crippen LogP contribution in [0.5, 0.6) is 0 Å². The maximum absolute atomic E-state index is 13.7. The van der Waals surface area contributed by atoms with Gasteiger partial charge in [0.05, 0.1) is 12.7 Å². The fourth-order valence-corrected chi connectivity index (χ4v) is 2.86. The summed E-state index contributed by atoms with van der Waals surface area (Å²) >= 11 is 0. The number of hydrogen-bond donors (Lipinski definition) is 1. The van der Waals surface area contributed by atoms with Crippen LogP contribution in [0.4, 0.5) is 8.78 Å². The van der Waals surface area contributed by atoms with Gasteiger partial charge < -0.3 is 10.1 Å². The summed E-state index contributed by atoms with van der Waals surface area (Å²) in [7, 11) is 1.25. The lowest BCUT2D eigenvalue weighted by atomic mass is 9.83. The van der Waals surface area contributed by atoms with Crippen LogP contribution in [-0.4, -0.2) is 25.0 Å². The molecule has 120 valence electrons. The molecular formula is C16H19F2NO3. The Kier molecular flexibility index (Phi) is 5.46. The van der Waals surface area contributed by atoms with E-state index >= 15 is 0 Å². The standard InChI is InChI=1S/C16H19F2NO3/c1-22-16(21)14(10-5-3-2-4-6-10)19-15(20)12-8-7-11(17)9-13(12)18/h7-10,14H,2-6H2,1H3,(H,19,20)/t14-/m0/s1. The van der Waals surface area contributed by atoms with Crippen molar-refractivity contribution in [2.24, 2.45) is 5.92 Å². The zero-order valence-electron chi connectivity index (χ0n) is 12.4. The normalized spacial score (nSPS) is 16.9. The van der Waals surface area contributed by atoms with Crippen molar-refractivity contribution in [3.05, 3.63) is 35.4 Å². The van der Waals surface area contributed by atoms with E-state index in [-0.39, 0.29) is 11.5 Å². The molecule has 0 radical (unpaired) electrons. The lowest BCUT2D eigenvalue weighted by Gasteiger charge is -2.29. The van der Waals surface area contributed by atoms with Crippen LogP contribution in [0.15, 0.2) is 18.2 Å². The Balaban J connectivity index is 2.15. The summed E-state index contributed by atoms with van der Waals surface area (Å²) in [4.78, 5) is 24.1.